The van der Waals surface area contributed by atoms with Gasteiger partial charge in [0, 0.05) is 13.2 Å². The average molecular weight is 313 g/mol. The molecule has 0 radical (unpaired) electrons. The predicted molar refractivity (Wildman–Crippen MR) is 78.2 cm³/mol. The van der Waals surface area contributed by atoms with Crippen molar-refractivity contribution in [1.29, 1.82) is 0 Å². The monoisotopic (exact) mass is 312 g/mol. The van der Waals surface area contributed by atoms with Gasteiger partial charge in [0.15, 0.2) is 0 Å². The van der Waals surface area contributed by atoms with E-state index in [-0.39, 0.29) is 24.3 Å². The van der Waals surface area contributed by atoms with E-state index < -0.39 is 10.0 Å². The summed E-state index contributed by atoms with van der Waals surface area (Å²) < 4.78 is 31.7. The standard InChI is InChI=1S/C12H24N2O3S.ClH/c15-18(16,10-12-4-2-8-17-12)14-7-5-11-3-1-6-13-9-11;/h11-14H,1-10H2;1H. The molecular formula is C12H25ClN2O3S. The molecule has 2 unspecified atom stereocenters. The molecule has 0 amide bonds. The van der Waals surface area contributed by atoms with Gasteiger partial charge in [0.2, 0.25) is 10.0 Å². The largest absolute Gasteiger partial charge is 0.377 e. The molecule has 0 spiro atoms. The van der Waals surface area contributed by atoms with Crippen LogP contribution in [0.2, 0.25) is 0 Å². The zero-order valence-electron chi connectivity index (χ0n) is 11.3. The lowest BCUT2D eigenvalue weighted by Crippen LogP contribution is -2.35. The third kappa shape index (κ3) is 6.40. The van der Waals surface area contributed by atoms with E-state index in [2.05, 4.69) is 10.0 Å². The summed E-state index contributed by atoms with van der Waals surface area (Å²) in [5.74, 6) is 0.736. The molecule has 0 aromatic heterocycles. The SMILES string of the molecule is Cl.O=S(=O)(CC1CCCO1)NCCC1CCCNC1. The van der Waals surface area contributed by atoms with Crippen molar-refractivity contribution in [2.24, 2.45) is 5.92 Å². The van der Waals surface area contributed by atoms with Gasteiger partial charge in [-0.05, 0) is 51.1 Å². The molecule has 19 heavy (non-hydrogen) atoms. The van der Waals surface area contributed by atoms with Gasteiger partial charge in [0.1, 0.15) is 0 Å². The van der Waals surface area contributed by atoms with Crippen LogP contribution in [0.5, 0.6) is 0 Å². The van der Waals surface area contributed by atoms with E-state index in [1.54, 1.807) is 0 Å². The van der Waals surface area contributed by atoms with Crippen LogP contribution in [0, 0.1) is 5.92 Å². The number of ether oxygens (including phenoxy) is 1. The molecule has 0 bridgehead atoms. The van der Waals surface area contributed by atoms with Gasteiger partial charge in [-0.3, -0.25) is 0 Å². The van der Waals surface area contributed by atoms with Gasteiger partial charge in [-0.15, -0.1) is 12.4 Å². The van der Waals surface area contributed by atoms with Gasteiger partial charge in [0.25, 0.3) is 0 Å². The van der Waals surface area contributed by atoms with Crippen LogP contribution in [0.3, 0.4) is 0 Å². The first-order valence-corrected chi connectivity index (χ1v) is 8.60. The molecule has 0 saturated carbocycles. The molecule has 5 nitrogen and oxygen atoms in total. The van der Waals surface area contributed by atoms with Crippen molar-refractivity contribution in [2.45, 2.75) is 38.2 Å². The van der Waals surface area contributed by atoms with Crippen molar-refractivity contribution < 1.29 is 13.2 Å². The molecule has 0 aliphatic carbocycles. The van der Waals surface area contributed by atoms with E-state index in [1.807, 2.05) is 0 Å². The second-order valence-corrected chi connectivity index (χ2v) is 7.16. The van der Waals surface area contributed by atoms with Crippen LogP contribution in [-0.4, -0.2) is 46.5 Å². The van der Waals surface area contributed by atoms with Crippen LogP contribution in [0.4, 0.5) is 0 Å². The Labute approximate surface area is 122 Å². The summed E-state index contributed by atoms with van der Waals surface area (Å²) in [7, 11) is -3.16. The van der Waals surface area contributed by atoms with E-state index in [9.17, 15) is 8.42 Å². The molecule has 2 atom stereocenters. The number of piperidine rings is 1. The summed E-state index contributed by atoms with van der Waals surface area (Å²) in [5.41, 5.74) is 0. The molecule has 2 heterocycles. The summed E-state index contributed by atoms with van der Waals surface area (Å²) in [5, 5.41) is 3.34. The summed E-state index contributed by atoms with van der Waals surface area (Å²) >= 11 is 0. The second kappa shape index (κ2) is 8.42. The Kier molecular flexibility index (Phi) is 7.61. The maximum Gasteiger partial charge on any atom is 0.214 e. The van der Waals surface area contributed by atoms with E-state index in [0.717, 1.165) is 32.4 Å². The first-order valence-electron chi connectivity index (χ1n) is 6.95. The first-order chi connectivity index (χ1) is 8.66. The maximum atomic E-state index is 11.8. The van der Waals surface area contributed by atoms with E-state index in [4.69, 9.17) is 4.74 Å². The first kappa shape index (κ1) is 17.2. The van der Waals surface area contributed by atoms with Crippen molar-refractivity contribution in [3.63, 3.8) is 0 Å². The zero-order valence-corrected chi connectivity index (χ0v) is 12.9. The fourth-order valence-electron chi connectivity index (χ4n) is 2.67. The number of nitrogens with one attached hydrogen (secondary N) is 2. The number of halogens is 1. The van der Waals surface area contributed by atoms with Gasteiger partial charge in [-0.25, -0.2) is 13.1 Å². The van der Waals surface area contributed by atoms with Gasteiger partial charge in [-0.2, -0.15) is 0 Å². The highest BCUT2D eigenvalue weighted by molar-refractivity contribution is 7.89. The second-order valence-electron chi connectivity index (χ2n) is 5.31. The van der Waals surface area contributed by atoms with Crippen LogP contribution in [0.25, 0.3) is 0 Å². The number of hydrogen-bond donors (Lipinski definition) is 2. The Morgan fingerprint density at radius 1 is 1.26 bits per heavy atom. The molecule has 2 rings (SSSR count). The molecule has 0 aromatic carbocycles. The summed E-state index contributed by atoms with van der Waals surface area (Å²) in [6.45, 7) is 3.38. The maximum absolute atomic E-state index is 11.8. The van der Waals surface area contributed by atoms with Crippen molar-refractivity contribution >= 4 is 22.4 Å². The highest BCUT2D eigenvalue weighted by atomic mass is 35.5. The Balaban J connectivity index is 0.00000180. The third-order valence-electron chi connectivity index (χ3n) is 3.70. The van der Waals surface area contributed by atoms with Crippen molar-refractivity contribution in [2.75, 3.05) is 32.0 Å². The molecular weight excluding hydrogens is 288 g/mol. The smallest absolute Gasteiger partial charge is 0.214 e. The quantitative estimate of drug-likeness (QED) is 0.764. The summed E-state index contributed by atoms with van der Waals surface area (Å²) in [6.07, 6.45) is 5.09. The molecule has 7 heteroatoms. The zero-order chi connectivity index (χ0) is 12.8. The number of sulfonamides is 1. The van der Waals surface area contributed by atoms with Crippen LogP contribution in [-0.2, 0) is 14.8 Å². The highest BCUT2D eigenvalue weighted by Gasteiger charge is 2.23. The van der Waals surface area contributed by atoms with E-state index >= 15 is 0 Å². The molecule has 0 aromatic rings. The van der Waals surface area contributed by atoms with Crippen molar-refractivity contribution in [1.82, 2.24) is 10.0 Å². The van der Waals surface area contributed by atoms with Crippen molar-refractivity contribution in [3.8, 4) is 0 Å². The molecule has 2 saturated heterocycles. The lowest BCUT2D eigenvalue weighted by molar-refractivity contribution is 0.127. The fourth-order valence-corrected chi connectivity index (χ4v) is 3.97. The Morgan fingerprint density at radius 3 is 2.74 bits per heavy atom. The fraction of sp³-hybridized carbons (Fsp3) is 1.00. The number of rotatable bonds is 6. The lowest BCUT2D eigenvalue weighted by Gasteiger charge is -2.22. The minimum atomic E-state index is -3.16. The lowest BCUT2D eigenvalue weighted by atomic mass is 9.96. The molecule has 2 aliphatic heterocycles. The minimum absolute atomic E-state index is 0. The van der Waals surface area contributed by atoms with E-state index in [1.165, 1.54) is 12.8 Å². The third-order valence-corrected chi connectivity index (χ3v) is 5.16. The van der Waals surface area contributed by atoms with Crippen LogP contribution >= 0.6 is 12.4 Å². The van der Waals surface area contributed by atoms with Gasteiger partial charge in [-0.1, -0.05) is 0 Å². The number of hydrogen-bond acceptors (Lipinski definition) is 4. The summed E-state index contributed by atoms with van der Waals surface area (Å²) in [4.78, 5) is 0. The van der Waals surface area contributed by atoms with E-state index in [0.29, 0.717) is 19.1 Å². The van der Waals surface area contributed by atoms with Gasteiger partial charge < -0.3 is 10.1 Å². The molecule has 114 valence electrons. The topological polar surface area (TPSA) is 67.4 Å². The van der Waals surface area contributed by atoms with Crippen LogP contribution < -0.4 is 10.0 Å². The molecule has 2 N–H and O–H groups in total. The van der Waals surface area contributed by atoms with Crippen LogP contribution in [0.1, 0.15) is 32.1 Å². The van der Waals surface area contributed by atoms with Crippen molar-refractivity contribution in [3.05, 3.63) is 0 Å². The van der Waals surface area contributed by atoms with Crippen LogP contribution in [0.15, 0.2) is 0 Å². The minimum Gasteiger partial charge on any atom is -0.377 e. The normalized spacial score (nSPS) is 28.0. The molecule has 2 fully saturated rings. The van der Waals surface area contributed by atoms with Gasteiger partial charge >= 0.3 is 0 Å². The Morgan fingerprint density at radius 2 is 2.11 bits per heavy atom. The highest BCUT2D eigenvalue weighted by Crippen LogP contribution is 2.15. The summed E-state index contributed by atoms with van der Waals surface area (Å²) in [6, 6.07) is 0. The average Bonchev–Trinajstić information content (AvgIpc) is 2.82. The van der Waals surface area contributed by atoms with Gasteiger partial charge in [0.05, 0.1) is 11.9 Å². The Hall–Kier alpha value is 0.120. The molecule has 2 aliphatic rings. The Bertz CT molecular complexity index is 339. The predicted octanol–water partition coefficient (Wildman–Crippen LogP) is 0.896.